The molecule has 0 aliphatic heterocycles. The largest absolute Gasteiger partial charge is 0.332 e. The van der Waals surface area contributed by atoms with Crippen molar-refractivity contribution in [1.82, 2.24) is 15.3 Å². The van der Waals surface area contributed by atoms with E-state index < -0.39 is 0 Å². The fourth-order valence-electron chi connectivity index (χ4n) is 3.08. The molecule has 0 amide bonds. The third kappa shape index (κ3) is 4.11. The van der Waals surface area contributed by atoms with Gasteiger partial charge in [-0.25, -0.2) is 4.98 Å². The first-order valence-electron chi connectivity index (χ1n) is 8.98. The Kier molecular flexibility index (Phi) is 5.75. The predicted octanol–water partition coefficient (Wildman–Crippen LogP) is 5.71. The summed E-state index contributed by atoms with van der Waals surface area (Å²) in [6.45, 7) is 2.22. The van der Waals surface area contributed by atoms with Gasteiger partial charge < -0.3 is 10.6 Å². The number of allylic oxidation sites excluding steroid dienone is 3. The van der Waals surface area contributed by atoms with E-state index in [4.69, 9.17) is 17.2 Å². The number of rotatable bonds is 4. The van der Waals surface area contributed by atoms with Gasteiger partial charge in [-0.05, 0) is 49.0 Å². The van der Waals surface area contributed by atoms with Gasteiger partial charge in [-0.3, -0.25) is 4.98 Å². The maximum absolute atomic E-state index is 5.59. The molecular weight excluding hydrogens is 404 g/mol. The molecule has 2 N–H and O–H groups in total. The van der Waals surface area contributed by atoms with Crippen LogP contribution in [0.1, 0.15) is 18.4 Å². The lowest BCUT2D eigenvalue weighted by Gasteiger charge is -2.21. The van der Waals surface area contributed by atoms with Crippen molar-refractivity contribution in [2.45, 2.75) is 18.2 Å². The van der Waals surface area contributed by atoms with Crippen LogP contribution in [0.15, 0.2) is 65.5 Å². The molecule has 0 radical (unpaired) electrons. The number of fused-ring (bicyclic) bond motifs is 1. The molecule has 28 heavy (non-hydrogen) atoms. The maximum Gasteiger partial charge on any atom is 0.175 e. The molecule has 0 spiro atoms. The first-order chi connectivity index (χ1) is 13.6. The van der Waals surface area contributed by atoms with Crippen molar-refractivity contribution >= 4 is 61.9 Å². The molecule has 0 saturated heterocycles. The summed E-state index contributed by atoms with van der Waals surface area (Å²) in [4.78, 5) is 10.2. The van der Waals surface area contributed by atoms with Crippen LogP contribution < -0.4 is 10.6 Å². The number of thioether (sulfide) groups is 1. The minimum atomic E-state index is 0.462. The number of nitrogens with zero attached hydrogens (tertiary/aromatic N) is 2. The molecule has 4 nitrogen and oxygen atoms in total. The third-order valence-corrected chi connectivity index (χ3v) is 6.50. The highest BCUT2D eigenvalue weighted by Crippen LogP contribution is 2.34. The Morgan fingerprint density at radius 1 is 1.25 bits per heavy atom. The summed E-state index contributed by atoms with van der Waals surface area (Å²) in [5.74, 6) is 0.462. The summed E-state index contributed by atoms with van der Waals surface area (Å²) in [6, 6.07) is 10.1. The van der Waals surface area contributed by atoms with Crippen molar-refractivity contribution in [2.24, 2.45) is 5.92 Å². The van der Waals surface area contributed by atoms with E-state index >= 15 is 0 Å². The Balaban J connectivity index is 1.57. The average Bonchev–Trinajstić information content (AvgIpc) is 3.14. The Morgan fingerprint density at radius 2 is 2.11 bits per heavy atom. The van der Waals surface area contributed by atoms with Crippen molar-refractivity contribution in [2.75, 3.05) is 11.6 Å². The van der Waals surface area contributed by atoms with Gasteiger partial charge in [0.1, 0.15) is 5.01 Å². The van der Waals surface area contributed by atoms with Crippen molar-refractivity contribution in [3.8, 4) is 0 Å². The standard InChI is InChI=1S/C21H20N4S3/c1-13-7-8-15(24-21(26)25-16-5-3-4-6-18(16)27-2)14(11-13)20-23-17-9-10-22-12-19(17)28-20/h3-6,8-13H,7H2,1-2H3,(H2,24,25,26). The maximum atomic E-state index is 5.59. The lowest BCUT2D eigenvalue weighted by atomic mass is 9.95. The van der Waals surface area contributed by atoms with Crippen LogP contribution in [0, 0.1) is 5.92 Å². The molecule has 1 aliphatic rings. The highest BCUT2D eigenvalue weighted by molar-refractivity contribution is 7.98. The fourth-order valence-corrected chi connectivity index (χ4v) is 4.83. The Morgan fingerprint density at radius 3 is 2.93 bits per heavy atom. The van der Waals surface area contributed by atoms with Gasteiger partial charge in [0.25, 0.3) is 0 Å². The van der Waals surface area contributed by atoms with Gasteiger partial charge in [0, 0.05) is 28.6 Å². The second kappa shape index (κ2) is 8.43. The van der Waals surface area contributed by atoms with E-state index in [1.807, 2.05) is 30.5 Å². The monoisotopic (exact) mass is 424 g/mol. The number of hydrogen-bond donors (Lipinski definition) is 2. The topological polar surface area (TPSA) is 49.8 Å². The van der Waals surface area contributed by atoms with Crippen LogP contribution in [-0.2, 0) is 0 Å². The van der Waals surface area contributed by atoms with Gasteiger partial charge in [0.15, 0.2) is 5.11 Å². The zero-order valence-corrected chi connectivity index (χ0v) is 18.0. The van der Waals surface area contributed by atoms with Crippen LogP contribution in [0.5, 0.6) is 0 Å². The molecule has 1 aliphatic carbocycles. The molecule has 1 unspecified atom stereocenters. The number of pyridine rings is 1. The van der Waals surface area contributed by atoms with E-state index in [0.717, 1.165) is 43.5 Å². The van der Waals surface area contributed by atoms with E-state index in [1.165, 1.54) is 0 Å². The number of aromatic nitrogens is 2. The van der Waals surface area contributed by atoms with Crippen LogP contribution in [0.25, 0.3) is 15.8 Å². The van der Waals surface area contributed by atoms with Crippen molar-refractivity contribution in [3.05, 3.63) is 65.6 Å². The predicted molar refractivity (Wildman–Crippen MR) is 125 cm³/mol. The highest BCUT2D eigenvalue weighted by atomic mass is 32.2. The van der Waals surface area contributed by atoms with E-state index in [2.05, 4.69) is 47.0 Å². The smallest absolute Gasteiger partial charge is 0.175 e. The SMILES string of the molecule is CSc1ccccc1NC(=S)NC1=CCC(C)C=C1c1nc2ccncc2s1. The second-order valence-corrected chi connectivity index (χ2v) is 8.84. The van der Waals surface area contributed by atoms with Gasteiger partial charge >= 0.3 is 0 Å². The first kappa shape index (κ1) is 19.1. The Bertz CT molecular complexity index is 1050. The summed E-state index contributed by atoms with van der Waals surface area (Å²) >= 11 is 8.94. The van der Waals surface area contributed by atoms with Gasteiger partial charge in [-0.15, -0.1) is 23.1 Å². The van der Waals surface area contributed by atoms with Crippen LogP contribution in [0.2, 0.25) is 0 Å². The molecule has 3 aromatic rings. The van der Waals surface area contributed by atoms with Crippen LogP contribution in [-0.4, -0.2) is 21.3 Å². The molecule has 1 aromatic carbocycles. The number of benzene rings is 1. The zero-order chi connectivity index (χ0) is 19.5. The Hall–Kier alpha value is -2.22. The summed E-state index contributed by atoms with van der Waals surface area (Å²) in [6.07, 6.45) is 11.2. The van der Waals surface area contributed by atoms with Gasteiger partial charge in [0.05, 0.1) is 15.9 Å². The highest BCUT2D eigenvalue weighted by Gasteiger charge is 2.19. The molecule has 0 fully saturated rings. The molecule has 1 atom stereocenters. The summed E-state index contributed by atoms with van der Waals surface area (Å²) < 4.78 is 1.09. The summed E-state index contributed by atoms with van der Waals surface area (Å²) in [5, 5.41) is 8.28. The molecular formula is C21H20N4S3. The zero-order valence-electron chi connectivity index (χ0n) is 15.6. The van der Waals surface area contributed by atoms with Crippen LogP contribution >= 0.6 is 35.3 Å². The molecule has 142 valence electrons. The number of thiocarbonyl (C=S) groups is 1. The van der Waals surface area contributed by atoms with E-state index in [9.17, 15) is 0 Å². The molecule has 4 rings (SSSR count). The minimum absolute atomic E-state index is 0.462. The van der Waals surface area contributed by atoms with E-state index in [1.54, 1.807) is 29.3 Å². The lowest BCUT2D eigenvalue weighted by Crippen LogP contribution is -2.29. The Labute approximate surface area is 178 Å². The molecule has 0 bridgehead atoms. The van der Waals surface area contributed by atoms with Crippen molar-refractivity contribution < 1.29 is 0 Å². The number of nitrogens with one attached hydrogen (secondary N) is 2. The van der Waals surface area contributed by atoms with Crippen molar-refractivity contribution in [1.29, 1.82) is 0 Å². The number of para-hydroxylation sites is 1. The second-order valence-electron chi connectivity index (χ2n) is 6.55. The molecule has 2 aromatic heterocycles. The summed E-state index contributed by atoms with van der Waals surface area (Å²) in [5.41, 5.74) is 4.09. The third-order valence-electron chi connectivity index (χ3n) is 4.46. The van der Waals surface area contributed by atoms with Crippen molar-refractivity contribution in [3.63, 3.8) is 0 Å². The minimum Gasteiger partial charge on any atom is -0.332 e. The number of hydrogen-bond acceptors (Lipinski definition) is 5. The van der Waals surface area contributed by atoms with Gasteiger partial charge in [-0.2, -0.15) is 0 Å². The van der Waals surface area contributed by atoms with Crippen LogP contribution in [0.4, 0.5) is 5.69 Å². The van der Waals surface area contributed by atoms with Gasteiger partial charge in [-0.1, -0.05) is 31.2 Å². The first-order valence-corrected chi connectivity index (χ1v) is 11.4. The normalized spacial score (nSPS) is 16.4. The number of thiazole rings is 1. The molecule has 7 heteroatoms. The number of anilines is 1. The molecule has 0 saturated carbocycles. The fraction of sp³-hybridized carbons (Fsp3) is 0.190. The van der Waals surface area contributed by atoms with E-state index in [0.29, 0.717) is 11.0 Å². The summed E-state index contributed by atoms with van der Waals surface area (Å²) in [7, 11) is 0. The molecule has 2 heterocycles. The van der Waals surface area contributed by atoms with Crippen LogP contribution in [0.3, 0.4) is 0 Å². The quantitative estimate of drug-likeness (QED) is 0.413. The average molecular weight is 425 g/mol. The van der Waals surface area contributed by atoms with Gasteiger partial charge in [0.2, 0.25) is 0 Å². The lowest BCUT2D eigenvalue weighted by molar-refractivity contribution is 0.730. The van der Waals surface area contributed by atoms with E-state index in [-0.39, 0.29) is 0 Å².